The minimum absolute atomic E-state index is 0.775. The topological polar surface area (TPSA) is 24.1 Å². The molecular formula is C15H24N2. The zero-order valence-corrected chi connectivity index (χ0v) is 11.0. The van der Waals surface area contributed by atoms with Gasteiger partial charge in [0.2, 0.25) is 0 Å². The molecule has 1 aromatic rings. The summed E-state index contributed by atoms with van der Waals surface area (Å²) < 4.78 is 0. The van der Waals surface area contributed by atoms with E-state index in [1.54, 1.807) is 0 Å². The van der Waals surface area contributed by atoms with Crippen molar-refractivity contribution in [1.29, 1.82) is 0 Å². The van der Waals surface area contributed by atoms with Crippen molar-refractivity contribution < 1.29 is 0 Å². The van der Waals surface area contributed by atoms with Crippen molar-refractivity contribution in [2.75, 3.05) is 13.6 Å². The summed E-state index contributed by atoms with van der Waals surface area (Å²) in [4.78, 5) is 0. The fourth-order valence-corrected chi connectivity index (χ4v) is 2.42. The summed E-state index contributed by atoms with van der Waals surface area (Å²) in [6.45, 7) is 4.37. The van der Waals surface area contributed by atoms with Crippen LogP contribution in [0.3, 0.4) is 0 Å². The maximum Gasteiger partial charge on any atom is 0.0210 e. The molecule has 1 saturated carbocycles. The molecule has 2 nitrogen and oxygen atoms in total. The van der Waals surface area contributed by atoms with E-state index >= 15 is 0 Å². The Morgan fingerprint density at radius 2 is 2.00 bits per heavy atom. The Bertz CT molecular complexity index is 349. The van der Waals surface area contributed by atoms with E-state index in [0.29, 0.717) is 0 Å². The molecule has 0 aromatic heterocycles. The van der Waals surface area contributed by atoms with Crippen LogP contribution in [-0.2, 0) is 13.0 Å². The van der Waals surface area contributed by atoms with Crippen LogP contribution in [0.1, 0.15) is 30.9 Å². The second-order valence-corrected chi connectivity index (χ2v) is 5.01. The van der Waals surface area contributed by atoms with Crippen LogP contribution in [0.5, 0.6) is 0 Å². The Kier molecular flexibility index (Phi) is 4.57. The van der Waals surface area contributed by atoms with Crippen LogP contribution in [0.2, 0.25) is 0 Å². The summed E-state index contributed by atoms with van der Waals surface area (Å²) in [6.07, 6.45) is 3.81. The van der Waals surface area contributed by atoms with Gasteiger partial charge < -0.3 is 10.6 Å². The molecule has 1 aliphatic rings. The van der Waals surface area contributed by atoms with Crippen LogP contribution in [0.25, 0.3) is 0 Å². The second-order valence-electron chi connectivity index (χ2n) is 5.01. The molecule has 0 spiro atoms. The molecule has 2 atom stereocenters. The molecule has 2 N–H and O–H groups in total. The van der Waals surface area contributed by atoms with Gasteiger partial charge in [0.25, 0.3) is 0 Å². The lowest BCUT2D eigenvalue weighted by atomic mass is 10.0. The van der Waals surface area contributed by atoms with Crippen molar-refractivity contribution in [2.24, 2.45) is 5.92 Å². The van der Waals surface area contributed by atoms with Gasteiger partial charge in [-0.1, -0.05) is 37.6 Å². The standard InChI is InChI=1S/C15H24N2/c1-3-12-10-15(12)17-11-14-7-5-4-6-13(14)8-9-16-2/h4-7,12,15-17H,3,8-11H2,1-2H3. The summed E-state index contributed by atoms with van der Waals surface area (Å²) >= 11 is 0. The summed E-state index contributed by atoms with van der Waals surface area (Å²) in [6, 6.07) is 9.56. The van der Waals surface area contributed by atoms with E-state index in [1.807, 2.05) is 7.05 Å². The molecule has 0 aliphatic heterocycles. The van der Waals surface area contributed by atoms with E-state index in [4.69, 9.17) is 0 Å². The van der Waals surface area contributed by atoms with Crippen LogP contribution >= 0.6 is 0 Å². The first-order valence-corrected chi connectivity index (χ1v) is 6.80. The van der Waals surface area contributed by atoms with Crippen molar-refractivity contribution >= 4 is 0 Å². The van der Waals surface area contributed by atoms with E-state index in [-0.39, 0.29) is 0 Å². The highest BCUT2D eigenvalue weighted by molar-refractivity contribution is 5.27. The molecule has 1 aromatic carbocycles. The van der Waals surface area contributed by atoms with Gasteiger partial charge in [0.05, 0.1) is 0 Å². The average Bonchev–Trinajstić information content (AvgIpc) is 3.13. The van der Waals surface area contributed by atoms with Crippen molar-refractivity contribution in [3.63, 3.8) is 0 Å². The molecule has 0 radical (unpaired) electrons. The molecular weight excluding hydrogens is 208 g/mol. The summed E-state index contributed by atoms with van der Waals surface area (Å²) in [7, 11) is 2.01. The van der Waals surface area contributed by atoms with Gasteiger partial charge in [-0.25, -0.2) is 0 Å². The van der Waals surface area contributed by atoms with Crippen LogP contribution in [0.15, 0.2) is 24.3 Å². The van der Waals surface area contributed by atoms with Gasteiger partial charge in [0.15, 0.2) is 0 Å². The highest BCUT2D eigenvalue weighted by Crippen LogP contribution is 2.33. The Morgan fingerprint density at radius 1 is 1.24 bits per heavy atom. The van der Waals surface area contributed by atoms with Crippen molar-refractivity contribution in [3.8, 4) is 0 Å². The molecule has 0 heterocycles. The number of rotatable bonds is 7. The number of benzene rings is 1. The molecule has 2 heteroatoms. The maximum absolute atomic E-state index is 3.67. The minimum Gasteiger partial charge on any atom is -0.319 e. The smallest absolute Gasteiger partial charge is 0.0210 e. The Balaban J connectivity index is 1.86. The van der Waals surface area contributed by atoms with Crippen LogP contribution in [-0.4, -0.2) is 19.6 Å². The predicted molar refractivity (Wildman–Crippen MR) is 73.1 cm³/mol. The quantitative estimate of drug-likeness (QED) is 0.754. The normalized spacial score (nSPS) is 22.7. The SMILES string of the molecule is CCC1CC1NCc1ccccc1CCNC. The van der Waals surface area contributed by atoms with Gasteiger partial charge in [0, 0.05) is 12.6 Å². The Morgan fingerprint density at radius 3 is 2.65 bits per heavy atom. The van der Waals surface area contributed by atoms with Gasteiger partial charge in [-0.2, -0.15) is 0 Å². The largest absolute Gasteiger partial charge is 0.319 e. The third-order valence-electron chi connectivity index (χ3n) is 3.76. The third-order valence-corrected chi connectivity index (χ3v) is 3.76. The Labute approximate surface area is 105 Å². The van der Waals surface area contributed by atoms with E-state index < -0.39 is 0 Å². The van der Waals surface area contributed by atoms with Gasteiger partial charge in [-0.05, 0) is 43.5 Å². The van der Waals surface area contributed by atoms with E-state index in [9.17, 15) is 0 Å². The van der Waals surface area contributed by atoms with E-state index in [2.05, 4.69) is 41.8 Å². The lowest BCUT2D eigenvalue weighted by Gasteiger charge is -2.10. The number of hydrogen-bond donors (Lipinski definition) is 2. The van der Waals surface area contributed by atoms with Crippen LogP contribution in [0, 0.1) is 5.92 Å². The van der Waals surface area contributed by atoms with Crippen LogP contribution < -0.4 is 10.6 Å². The Hall–Kier alpha value is -0.860. The van der Waals surface area contributed by atoms with Gasteiger partial charge in [-0.15, -0.1) is 0 Å². The van der Waals surface area contributed by atoms with Crippen molar-refractivity contribution in [3.05, 3.63) is 35.4 Å². The number of nitrogens with one attached hydrogen (secondary N) is 2. The van der Waals surface area contributed by atoms with Crippen LogP contribution in [0.4, 0.5) is 0 Å². The zero-order valence-electron chi connectivity index (χ0n) is 11.0. The molecule has 17 heavy (non-hydrogen) atoms. The van der Waals surface area contributed by atoms with Gasteiger partial charge >= 0.3 is 0 Å². The first-order valence-electron chi connectivity index (χ1n) is 6.80. The first kappa shape index (κ1) is 12.6. The summed E-state index contributed by atoms with van der Waals surface area (Å²) in [5.41, 5.74) is 2.94. The highest BCUT2D eigenvalue weighted by atomic mass is 15.0. The van der Waals surface area contributed by atoms with Crippen molar-refractivity contribution in [2.45, 2.75) is 38.8 Å². The molecule has 0 bridgehead atoms. The second kappa shape index (κ2) is 6.18. The average molecular weight is 232 g/mol. The fraction of sp³-hybridized carbons (Fsp3) is 0.600. The summed E-state index contributed by atoms with van der Waals surface area (Å²) in [5, 5.41) is 6.89. The van der Waals surface area contributed by atoms with Gasteiger partial charge in [-0.3, -0.25) is 0 Å². The monoisotopic (exact) mass is 232 g/mol. The zero-order chi connectivity index (χ0) is 12.1. The molecule has 1 aliphatic carbocycles. The molecule has 94 valence electrons. The number of hydrogen-bond acceptors (Lipinski definition) is 2. The predicted octanol–water partition coefficient (Wildman–Crippen LogP) is 2.34. The highest BCUT2D eigenvalue weighted by Gasteiger charge is 2.34. The molecule has 2 rings (SSSR count). The molecule has 0 amide bonds. The van der Waals surface area contributed by atoms with E-state index in [0.717, 1.165) is 31.5 Å². The first-order chi connectivity index (χ1) is 8.35. The summed E-state index contributed by atoms with van der Waals surface area (Å²) in [5.74, 6) is 0.930. The lowest BCUT2D eigenvalue weighted by molar-refractivity contribution is 0.619. The lowest BCUT2D eigenvalue weighted by Crippen LogP contribution is -2.19. The number of likely N-dealkylation sites (N-methyl/N-ethyl adjacent to an activating group) is 1. The van der Waals surface area contributed by atoms with E-state index in [1.165, 1.54) is 24.0 Å². The molecule has 0 saturated heterocycles. The fourth-order valence-electron chi connectivity index (χ4n) is 2.42. The third kappa shape index (κ3) is 3.55. The minimum atomic E-state index is 0.775. The van der Waals surface area contributed by atoms with Crippen molar-refractivity contribution in [1.82, 2.24) is 10.6 Å². The molecule has 2 unspecified atom stereocenters. The maximum atomic E-state index is 3.67. The molecule has 1 fully saturated rings. The van der Waals surface area contributed by atoms with Gasteiger partial charge in [0.1, 0.15) is 0 Å².